The van der Waals surface area contributed by atoms with Gasteiger partial charge in [-0.1, -0.05) is 45.9 Å². The average molecular weight is 702 g/mol. The third kappa shape index (κ3) is 5.92. The largest absolute Gasteiger partial charge is 0.591 e. The number of pyridine rings is 1. The van der Waals surface area contributed by atoms with Crippen LogP contribution >= 0.6 is 15.9 Å². The monoisotopic (exact) mass is 700 g/mol. The summed E-state index contributed by atoms with van der Waals surface area (Å²) < 4.78 is 27.7. The van der Waals surface area contributed by atoms with Crippen LogP contribution in [0.5, 0.6) is 0 Å². The van der Waals surface area contributed by atoms with E-state index in [2.05, 4.69) is 79.6 Å². The number of hydrogen-bond donors (Lipinski definition) is 0. The Balaban J connectivity index is 1.45. The molecule has 0 bridgehead atoms. The number of aryl methyl sites for hydroxylation is 1. The summed E-state index contributed by atoms with van der Waals surface area (Å²) in [7, 11) is -2.02. The topological polar surface area (TPSA) is 91.0 Å². The maximum Gasteiger partial charge on any atom is 0.200 e. The molecule has 0 radical (unpaired) electrons. The molecule has 1 aliphatic heterocycles. The fourth-order valence-electron chi connectivity index (χ4n) is 7.57. The van der Waals surface area contributed by atoms with Crippen molar-refractivity contribution in [3.05, 3.63) is 51.6 Å². The van der Waals surface area contributed by atoms with Crippen molar-refractivity contribution in [2.75, 3.05) is 18.0 Å². The Morgan fingerprint density at radius 2 is 1.68 bits per heavy atom. The fourth-order valence-corrected chi connectivity index (χ4v) is 14.1. The van der Waals surface area contributed by atoms with Crippen molar-refractivity contribution < 1.29 is 8.98 Å². The summed E-state index contributed by atoms with van der Waals surface area (Å²) in [6, 6.07) is 6.29. The molecule has 1 atom stereocenters. The van der Waals surface area contributed by atoms with Crippen LogP contribution in [0.4, 0.5) is 5.82 Å². The maximum atomic E-state index is 13.5. The summed E-state index contributed by atoms with van der Waals surface area (Å²) in [5.74, 6) is 0.955. The van der Waals surface area contributed by atoms with Crippen LogP contribution < -0.4 is 4.90 Å². The molecule has 0 saturated carbocycles. The molecule has 1 spiro atoms. The molecule has 0 N–H and O–H groups in total. The Hall–Kier alpha value is -1.79. The predicted molar refractivity (Wildman–Crippen MR) is 188 cm³/mol. The molecular weight excluding hydrogens is 652 g/mol. The van der Waals surface area contributed by atoms with Crippen LogP contribution in [0.25, 0.3) is 5.52 Å². The van der Waals surface area contributed by atoms with E-state index in [1.165, 1.54) is 0 Å². The van der Waals surface area contributed by atoms with Crippen LogP contribution in [0.1, 0.15) is 97.8 Å². The minimum atomic E-state index is -2.02. The Bertz CT molecular complexity index is 1520. The summed E-state index contributed by atoms with van der Waals surface area (Å²) in [4.78, 5) is 12.5. The van der Waals surface area contributed by atoms with Gasteiger partial charge in [-0.25, -0.2) is 9.50 Å². The van der Waals surface area contributed by atoms with Gasteiger partial charge in [-0.05, 0) is 91.3 Å². The minimum Gasteiger partial charge on any atom is -0.591 e. The van der Waals surface area contributed by atoms with Gasteiger partial charge in [0, 0.05) is 30.5 Å². The van der Waals surface area contributed by atoms with Crippen molar-refractivity contribution >= 4 is 52.7 Å². The molecule has 44 heavy (non-hydrogen) atoms. The first-order chi connectivity index (χ1) is 20.6. The third-order valence-electron chi connectivity index (χ3n) is 9.82. The minimum absolute atomic E-state index is 0.209. The van der Waals surface area contributed by atoms with Crippen molar-refractivity contribution in [3.8, 4) is 0 Å². The number of fused-ring (bicyclic) bond motifs is 2. The lowest BCUT2D eigenvalue weighted by Crippen LogP contribution is -2.47. The van der Waals surface area contributed by atoms with E-state index in [-0.39, 0.29) is 5.41 Å². The molecule has 1 saturated heterocycles. The molecule has 0 amide bonds. The van der Waals surface area contributed by atoms with Gasteiger partial charge in [-0.2, -0.15) is 5.10 Å². The van der Waals surface area contributed by atoms with Crippen LogP contribution in [0, 0.1) is 12.3 Å². The summed E-state index contributed by atoms with van der Waals surface area (Å²) in [5.41, 5.74) is 7.30. The highest BCUT2D eigenvalue weighted by Crippen LogP contribution is 2.47. The lowest BCUT2D eigenvalue weighted by Gasteiger charge is -2.42. The molecule has 1 unspecified atom stereocenters. The molecule has 5 rings (SSSR count). The van der Waals surface area contributed by atoms with E-state index in [1.54, 1.807) is 0 Å². The Kier molecular flexibility index (Phi) is 9.48. The van der Waals surface area contributed by atoms with Gasteiger partial charge >= 0.3 is 0 Å². The van der Waals surface area contributed by atoms with Gasteiger partial charge in [-0.15, -0.1) is 0 Å². The second-order valence-corrected chi connectivity index (χ2v) is 22.7. The van der Waals surface area contributed by atoms with E-state index < -0.39 is 24.4 Å². The highest BCUT2D eigenvalue weighted by molar-refractivity contribution is 9.10. The van der Waals surface area contributed by atoms with Gasteiger partial charge in [0.05, 0.1) is 29.9 Å². The standard InChI is InChI=1S/C33H49BrN6O2SSi/c1-21(2)44(22(3)4,23(5)6)42-20-25-11-12-26-27(37-25)19-33(29(26)38-43(41)32(8,9)10)14-17-39(18-15-33)31-28-13-16-35-40(28)30(34)24(7)36-31/h11-13,16,21-23H,14-15,17-20H2,1-10H3. The SMILES string of the molecule is Cc1nc(N2CCC3(CC2)Cc2nc(CO[Si](C(C)C)(C(C)C)C(C)C)ccc2C3=N[S+]([O-])C(C)(C)C)c2ccnn2c1Br. The lowest BCUT2D eigenvalue weighted by molar-refractivity contribution is 0.261. The van der Waals surface area contributed by atoms with Crippen LogP contribution in [0.3, 0.4) is 0 Å². The molecule has 240 valence electrons. The number of aromatic nitrogens is 4. The first-order valence-corrected chi connectivity index (χ1v) is 20.0. The molecule has 4 heterocycles. The van der Waals surface area contributed by atoms with Crippen molar-refractivity contribution in [2.24, 2.45) is 9.81 Å². The number of nitrogens with zero attached hydrogens (tertiary/aromatic N) is 6. The van der Waals surface area contributed by atoms with Crippen LogP contribution in [-0.2, 0) is 28.8 Å². The quantitative estimate of drug-likeness (QED) is 0.175. The fraction of sp³-hybridized carbons (Fsp3) is 0.636. The number of halogens is 1. The van der Waals surface area contributed by atoms with Gasteiger partial charge in [-0.3, -0.25) is 4.98 Å². The van der Waals surface area contributed by atoms with E-state index in [4.69, 9.17) is 18.8 Å². The first-order valence-electron chi connectivity index (χ1n) is 16.0. The zero-order valence-electron chi connectivity index (χ0n) is 28.1. The second kappa shape index (κ2) is 12.4. The van der Waals surface area contributed by atoms with Crippen LogP contribution in [0.15, 0.2) is 33.4 Å². The zero-order valence-corrected chi connectivity index (χ0v) is 31.5. The van der Waals surface area contributed by atoms with Crippen molar-refractivity contribution in [1.82, 2.24) is 19.6 Å². The summed E-state index contributed by atoms with van der Waals surface area (Å²) >= 11 is 2.28. The number of rotatable bonds is 8. The Morgan fingerprint density at radius 1 is 1.05 bits per heavy atom. The molecule has 8 nitrogen and oxygen atoms in total. The van der Waals surface area contributed by atoms with E-state index in [0.29, 0.717) is 23.2 Å². The smallest absolute Gasteiger partial charge is 0.200 e. The van der Waals surface area contributed by atoms with E-state index in [0.717, 1.165) is 76.6 Å². The lowest BCUT2D eigenvalue weighted by atomic mass is 9.75. The predicted octanol–water partition coefficient (Wildman–Crippen LogP) is 7.98. The van der Waals surface area contributed by atoms with Gasteiger partial charge in [0.25, 0.3) is 0 Å². The van der Waals surface area contributed by atoms with Gasteiger partial charge in [0.15, 0.2) is 5.82 Å². The molecular formula is C33H49BrN6O2SSi. The Morgan fingerprint density at radius 3 is 2.27 bits per heavy atom. The maximum absolute atomic E-state index is 13.5. The van der Waals surface area contributed by atoms with E-state index >= 15 is 0 Å². The molecule has 0 aromatic carbocycles. The van der Waals surface area contributed by atoms with Crippen molar-refractivity contribution in [3.63, 3.8) is 0 Å². The normalized spacial score (nSPS) is 18.9. The highest BCUT2D eigenvalue weighted by Gasteiger charge is 2.49. The molecule has 11 heteroatoms. The van der Waals surface area contributed by atoms with Gasteiger partial charge < -0.3 is 13.9 Å². The number of anilines is 1. The second-order valence-electron chi connectivity index (χ2n) is 14.6. The highest BCUT2D eigenvalue weighted by atomic mass is 79.9. The summed E-state index contributed by atoms with van der Waals surface area (Å²) in [6.45, 7) is 24.1. The number of piperidine rings is 1. The van der Waals surface area contributed by atoms with E-state index in [1.807, 2.05) is 44.5 Å². The van der Waals surface area contributed by atoms with Crippen molar-refractivity contribution in [2.45, 2.75) is 116 Å². The number of hydrogen-bond acceptors (Lipinski definition) is 7. The summed E-state index contributed by atoms with van der Waals surface area (Å²) in [6.07, 6.45) is 4.40. The molecule has 2 aliphatic rings. The van der Waals surface area contributed by atoms with Crippen LogP contribution in [0.2, 0.25) is 16.6 Å². The zero-order chi connectivity index (χ0) is 32.2. The summed E-state index contributed by atoms with van der Waals surface area (Å²) in [5, 5.41) is 4.50. The Labute approximate surface area is 276 Å². The van der Waals surface area contributed by atoms with E-state index in [9.17, 15) is 4.55 Å². The molecule has 1 fully saturated rings. The van der Waals surface area contributed by atoms with Crippen molar-refractivity contribution in [1.29, 1.82) is 0 Å². The average Bonchev–Trinajstić information content (AvgIpc) is 3.54. The van der Waals surface area contributed by atoms with Crippen LogP contribution in [-0.4, -0.2) is 56.0 Å². The third-order valence-corrected chi connectivity index (χ3v) is 18.2. The van der Waals surface area contributed by atoms with Gasteiger partial charge in [0.1, 0.15) is 31.9 Å². The van der Waals surface area contributed by atoms with Gasteiger partial charge in [0.2, 0.25) is 8.32 Å². The molecule has 3 aromatic heterocycles. The first kappa shape index (κ1) is 33.6. The molecule has 3 aromatic rings. The molecule has 1 aliphatic carbocycles.